The fourth-order valence-corrected chi connectivity index (χ4v) is 2.55. The molecule has 1 fully saturated rings. The molecule has 1 aromatic carbocycles. The normalized spacial score (nSPS) is 23.1. The Kier molecular flexibility index (Phi) is 3.30. The molecule has 0 bridgehead atoms. The predicted molar refractivity (Wildman–Crippen MR) is 66.5 cm³/mol. The zero-order valence-electron chi connectivity index (χ0n) is 10.6. The van der Waals surface area contributed by atoms with Crippen molar-refractivity contribution < 1.29 is 13.2 Å². The first kappa shape index (κ1) is 13.2. The molecule has 2 rings (SSSR count). The first-order valence-corrected chi connectivity index (χ1v) is 6.20. The summed E-state index contributed by atoms with van der Waals surface area (Å²) in [6.45, 7) is 4.45. The fourth-order valence-electron chi connectivity index (χ4n) is 2.55. The van der Waals surface area contributed by atoms with Crippen LogP contribution >= 0.6 is 0 Å². The number of hydrogen-bond donors (Lipinski definition) is 1. The third-order valence-corrected chi connectivity index (χ3v) is 3.55. The number of hydrogen-bond acceptors (Lipinski definition) is 1. The lowest BCUT2D eigenvalue weighted by molar-refractivity contribution is -0.137. The van der Waals surface area contributed by atoms with E-state index in [2.05, 4.69) is 19.2 Å². The van der Waals surface area contributed by atoms with E-state index in [1.54, 1.807) is 0 Å². The largest absolute Gasteiger partial charge is 0.416 e. The molecule has 1 aromatic rings. The highest BCUT2D eigenvalue weighted by atomic mass is 19.4. The van der Waals surface area contributed by atoms with Gasteiger partial charge >= 0.3 is 6.18 Å². The van der Waals surface area contributed by atoms with Crippen LogP contribution in [0.25, 0.3) is 0 Å². The number of halogens is 3. The molecule has 0 aromatic heterocycles. The summed E-state index contributed by atoms with van der Waals surface area (Å²) in [5.74, 6) is 0. The van der Waals surface area contributed by atoms with E-state index >= 15 is 0 Å². The highest BCUT2D eigenvalue weighted by Gasteiger charge is 2.32. The minimum absolute atomic E-state index is 0.337. The van der Waals surface area contributed by atoms with Gasteiger partial charge in [0.25, 0.3) is 0 Å². The van der Waals surface area contributed by atoms with Gasteiger partial charge in [0.15, 0.2) is 0 Å². The van der Waals surface area contributed by atoms with Gasteiger partial charge in [-0.05, 0) is 48.9 Å². The second-order valence-corrected chi connectivity index (χ2v) is 5.82. The molecule has 1 saturated carbocycles. The molecule has 0 aliphatic heterocycles. The van der Waals surface area contributed by atoms with Crippen molar-refractivity contribution >= 4 is 5.69 Å². The van der Waals surface area contributed by atoms with Crippen LogP contribution in [0.5, 0.6) is 0 Å². The van der Waals surface area contributed by atoms with Gasteiger partial charge in [0, 0.05) is 11.7 Å². The molecule has 0 heterocycles. The Bertz CT molecular complexity index is 406. The summed E-state index contributed by atoms with van der Waals surface area (Å²) in [7, 11) is 0. The van der Waals surface area contributed by atoms with Gasteiger partial charge < -0.3 is 5.32 Å². The molecule has 0 spiro atoms. The number of benzene rings is 1. The monoisotopic (exact) mass is 257 g/mol. The molecule has 0 saturated heterocycles. The van der Waals surface area contributed by atoms with E-state index in [1.807, 2.05) is 0 Å². The van der Waals surface area contributed by atoms with Gasteiger partial charge in [0.2, 0.25) is 0 Å². The number of rotatable bonds is 2. The van der Waals surface area contributed by atoms with Gasteiger partial charge in [-0.3, -0.25) is 0 Å². The van der Waals surface area contributed by atoms with Gasteiger partial charge in [-0.1, -0.05) is 13.8 Å². The van der Waals surface area contributed by atoms with Crippen LogP contribution in [-0.2, 0) is 6.18 Å². The van der Waals surface area contributed by atoms with Crippen molar-refractivity contribution in [1.82, 2.24) is 0 Å². The molecule has 1 nitrogen and oxygen atoms in total. The Morgan fingerprint density at radius 3 is 2.22 bits per heavy atom. The lowest BCUT2D eigenvalue weighted by atomic mass is 9.92. The number of anilines is 1. The number of nitrogens with one attached hydrogen (secondary N) is 1. The quantitative estimate of drug-likeness (QED) is 0.810. The summed E-state index contributed by atoms with van der Waals surface area (Å²) in [6, 6.07) is 5.64. The van der Waals surface area contributed by atoms with Crippen LogP contribution < -0.4 is 5.32 Å². The van der Waals surface area contributed by atoms with Crippen LogP contribution in [-0.4, -0.2) is 6.04 Å². The maximum Gasteiger partial charge on any atom is 0.416 e. The summed E-state index contributed by atoms with van der Waals surface area (Å²) in [5, 5.41) is 3.31. The van der Waals surface area contributed by atoms with E-state index in [0.29, 0.717) is 11.5 Å². The standard InChI is InChI=1S/C14H18F3N/c1-13(2)8-7-12(9-13)18-11-5-3-10(4-6-11)14(15,16)17/h3-6,12,18H,7-9H2,1-2H3. The van der Waals surface area contributed by atoms with Crippen molar-refractivity contribution in [3.05, 3.63) is 29.8 Å². The van der Waals surface area contributed by atoms with E-state index in [-0.39, 0.29) is 0 Å². The van der Waals surface area contributed by atoms with Crippen molar-refractivity contribution in [3.8, 4) is 0 Å². The van der Waals surface area contributed by atoms with E-state index in [9.17, 15) is 13.2 Å². The second kappa shape index (κ2) is 4.48. The van der Waals surface area contributed by atoms with Crippen molar-refractivity contribution in [2.45, 2.75) is 45.3 Å². The maximum atomic E-state index is 12.4. The van der Waals surface area contributed by atoms with Gasteiger partial charge in [-0.15, -0.1) is 0 Å². The smallest absolute Gasteiger partial charge is 0.382 e. The zero-order valence-corrected chi connectivity index (χ0v) is 10.6. The molecule has 1 N–H and O–H groups in total. The SMILES string of the molecule is CC1(C)CCC(Nc2ccc(C(F)(F)F)cc2)C1. The van der Waals surface area contributed by atoms with Crippen LogP contribution in [0.15, 0.2) is 24.3 Å². The Hall–Kier alpha value is -1.19. The minimum Gasteiger partial charge on any atom is -0.382 e. The zero-order chi connectivity index (χ0) is 13.4. The Morgan fingerprint density at radius 2 is 1.78 bits per heavy atom. The third-order valence-electron chi connectivity index (χ3n) is 3.55. The average molecular weight is 257 g/mol. The molecule has 18 heavy (non-hydrogen) atoms. The second-order valence-electron chi connectivity index (χ2n) is 5.82. The van der Waals surface area contributed by atoms with Crippen molar-refractivity contribution in [3.63, 3.8) is 0 Å². The van der Waals surface area contributed by atoms with Crippen molar-refractivity contribution in [2.75, 3.05) is 5.32 Å². The predicted octanol–water partition coefficient (Wildman–Crippen LogP) is 4.70. The summed E-state index contributed by atoms with van der Waals surface area (Å²) < 4.78 is 37.2. The average Bonchev–Trinajstić information content (AvgIpc) is 2.57. The van der Waals surface area contributed by atoms with E-state index in [0.717, 1.165) is 37.1 Å². The van der Waals surface area contributed by atoms with Gasteiger partial charge in [0.1, 0.15) is 0 Å². The summed E-state index contributed by atoms with van der Waals surface area (Å²) >= 11 is 0. The van der Waals surface area contributed by atoms with Gasteiger partial charge in [-0.2, -0.15) is 13.2 Å². The van der Waals surface area contributed by atoms with E-state index < -0.39 is 11.7 Å². The van der Waals surface area contributed by atoms with Crippen LogP contribution in [0, 0.1) is 5.41 Å². The topological polar surface area (TPSA) is 12.0 Å². The summed E-state index contributed by atoms with van der Waals surface area (Å²) in [4.78, 5) is 0. The van der Waals surface area contributed by atoms with Crippen LogP contribution in [0.2, 0.25) is 0 Å². The Morgan fingerprint density at radius 1 is 1.17 bits per heavy atom. The maximum absolute atomic E-state index is 12.4. The van der Waals surface area contributed by atoms with Crippen LogP contribution in [0.4, 0.5) is 18.9 Å². The molecule has 1 atom stereocenters. The lowest BCUT2D eigenvalue weighted by Gasteiger charge is -2.19. The minimum atomic E-state index is -4.26. The highest BCUT2D eigenvalue weighted by Crippen LogP contribution is 2.38. The number of alkyl halides is 3. The van der Waals surface area contributed by atoms with Crippen molar-refractivity contribution in [2.24, 2.45) is 5.41 Å². The van der Waals surface area contributed by atoms with Gasteiger partial charge in [-0.25, -0.2) is 0 Å². The summed E-state index contributed by atoms with van der Waals surface area (Å²) in [5.41, 5.74) is 0.509. The van der Waals surface area contributed by atoms with E-state index in [4.69, 9.17) is 0 Å². The molecular weight excluding hydrogens is 239 g/mol. The molecule has 0 amide bonds. The first-order chi connectivity index (χ1) is 8.26. The molecule has 4 heteroatoms. The third kappa shape index (κ3) is 3.18. The van der Waals surface area contributed by atoms with Crippen molar-refractivity contribution in [1.29, 1.82) is 0 Å². The lowest BCUT2D eigenvalue weighted by Crippen LogP contribution is -2.17. The molecule has 1 aliphatic carbocycles. The van der Waals surface area contributed by atoms with Gasteiger partial charge in [0.05, 0.1) is 5.56 Å². The molecular formula is C14H18F3N. The van der Waals surface area contributed by atoms with E-state index in [1.165, 1.54) is 12.1 Å². The Labute approximate surface area is 105 Å². The first-order valence-electron chi connectivity index (χ1n) is 6.20. The molecule has 100 valence electrons. The molecule has 1 unspecified atom stereocenters. The fraction of sp³-hybridized carbons (Fsp3) is 0.571. The molecule has 1 aliphatic rings. The highest BCUT2D eigenvalue weighted by molar-refractivity contribution is 5.46. The Balaban J connectivity index is 1.99. The van der Waals surface area contributed by atoms with Crippen LogP contribution in [0.3, 0.4) is 0 Å². The summed E-state index contributed by atoms with van der Waals surface area (Å²) in [6.07, 6.45) is -0.957. The van der Waals surface area contributed by atoms with Crippen LogP contribution in [0.1, 0.15) is 38.7 Å². The molecule has 0 radical (unpaired) electrons.